The number of carbonyl (C=O) groups excluding carboxylic acids is 1. The Labute approximate surface area is 285 Å². The van der Waals surface area contributed by atoms with Gasteiger partial charge in [-0.2, -0.15) is 0 Å². The average molecular weight is 650 g/mol. The summed E-state index contributed by atoms with van der Waals surface area (Å²) in [5.74, 6) is 2.41. The zero-order valence-corrected chi connectivity index (χ0v) is 28.1. The number of rotatable bonds is 9. The van der Waals surface area contributed by atoms with Crippen LogP contribution < -0.4 is 10.6 Å². The van der Waals surface area contributed by atoms with Crippen LogP contribution in [0.3, 0.4) is 0 Å². The number of aliphatic hydroxyl groups is 1. The lowest BCUT2D eigenvalue weighted by molar-refractivity contribution is -0.253. The highest BCUT2D eigenvalue weighted by Crippen LogP contribution is 2.55. The number of hydrogen-bond acceptors (Lipinski definition) is 5. The van der Waals surface area contributed by atoms with Crippen LogP contribution in [0.15, 0.2) is 72.8 Å². The van der Waals surface area contributed by atoms with E-state index in [9.17, 15) is 9.90 Å². The van der Waals surface area contributed by atoms with E-state index in [0.29, 0.717) is 6.54 Å². The zero-order valence-electron chi connectivity index (χ0n) is 28.1. The van der Waals surface area contributed by atoms with Crippen molar-refractivity contribution in [2.24, 2.45) is 17.8 Å². The third kappa shape index (κ3) is 7.20. The van der Waals surface area contributed by atoms with Crippen LogP contribution in [-0.4, -0.2) is 47.3 Å². The SMILES string of the molecule is O=C(NCc1cccc(-c2cccc([C@H]3O[C@@H](CN4CCCCC4)C[C@@H](c4ccc(CO)cc4)O3)c2)c1)NC12CC3CC(CC(C3)C1)C2. The smallest absolute Gasteiger partial charge is 0.315 e. The molecule has 0 radical (unpaired) electrons. The number of nitrogens with zero attached hydrogens (tertiary/aromatic N) is 1. The fourth-order valence-corrected chi connectivity index (χ4v) is 9.92. The monoisotopic (exact) mass is 649 g/mol. The molecule has 0 unspecified atom stereocenters. The van der Waals surface area contributed by atoms with Crippen molar-refractivity contribution in [3.8, 4) is 11.1 Å². The van der Waals surface area contributed by atoms with Crippen molar-refractivity contribution >= 4 is 6.03 Å². The van der Waals surface area contributed by atoms with Crippen LogP contribution in [-0.2, 0) is 22.6 Å². The fraction of sp³-hybridized carbons (Fsp3) is 0.537. The summed E-state index contributed by atoms with van der Waals surface area (Å²) in [6.07, 6.45) is 11.7. The van der Waals surface area contributed by atoms with Crippen LogP contribution in [0.5, 0.6) is 0 Å². The molecule has 2 amide bonds. The van der Waals surface area contributed by atoms with Crippen LogP contribution >= 0.6 is 0 Å². The van der Waals surface area contributed by atoms with E-state index in [2.05, 4.69) is 76.2 Å². The van der Waals surface area contributed by atoms with E-state index in [1.165, 1.54) is 38.5 Å². The second-order valence-electron chi connectivity index (χ2n) is 15.5. The molecule has 2 aliphatic heterocycles. The molecule has 7 nitrogen and oxygen atoms in total. The van der Waals surface area contributed by atoms with Crippen LogP contribution in [0.4, 0.5) is 4.79 Å². The zero-order chi connectivity index (χ0) is 32.5. The van der Waals surface area contributed by atoms with Gasteiger partial charge in [-0.25, -0.2) is 4.79 Å². The van der Waals surface area contributed by atoms with Crippen molar-refractivity contribution in [2.45, 2.75) is 101 Å². The molecule has 4 aliphatic carbocycles. The highest BCUT2D eigenvalue weighted by Gasteiger charge is 2.51. The van der Waals surface area contributed by atoms with Gasteiger partial charge in [0, 0.05) is 30.6 Å². The van der Waals surface area contributed by atoms with Crippen LogP contribution in [0, 0.1) is 17.8 Å². The average Bonchev–Trinajstić information content (AvgIpc) is 3.10. The van der Waals surface area contributed by atoms with Crippen molar-refractivity contribution in [2.75, 3.05) is 19.6 Å². The molecule has 3 aromatic rings. The molecule has 9 rings (SSSR count). The molecule has 0 spiro atoms. The number of nitrogens with one attached hydrogen (secondary N) is 2. The van der Waals surface area contributed by atoms with E-state index in [1.807, 2.05) is 12.1 Å². The molecule has 6 fully saturated rings. The van der Waals surface area contributed by atoms with Crippen molar-refractivity contribution in [1.82, 2.24) is 15.5 Å². The first-order chi connectivity index (χ1) is 23.5. The van der Waals surface area contributed by atoms with Gasteiger partial charge in [0.05, 0.1) is 18.8 Å². The summed E-state index contributed by atoms with van der Waals surface area (Å²) in [4.78, 5) is 15.7. The van der Waals surface area contributed by atoms with Crippen molar-refractivity contribution in [1.29, 1.82) is 0 Å². The van der Waals surface area contributed by atoms with Crippen molar-refractivity contribution in [3.63, 3.8) is 0 Å². The third-order valence-corrected chi connectivity index (χ3v) is 11.8. The molecule has 3 atom stereocenters. The molecule has 3 aromatic carbocycles. The van der Waals surface area contributed by atoms with Gasteiger partial charge in [-0.1, -0.05) is 67.1 Å². The number of likely N-dealkylation sites (tertiary alicyclic amines) is 1. The first-order valence-corrected chi connectivity index (χ1v) is 18.5. The Balaban J connectivity index is 0.949. The number of ether oxygens (including phenoxy) is 2. The summed E-state index contributed by atoms with van der Waals surface area (Å²) in [5, 5.41) is 16.2. The summed E-state index contributed by atoms with van der Waals surface area (Å²) in [7, 11) is 0. The molecular formula is C41H51N3O4. The molecular weight excluding hydrogens is 598 g/mol. The predicted molar refractivity (Wildman–Crippen MR) is 187 cm³/mol. The van der Waals surface area contributed by atoms with Gasteiger partial charge in [0.25, 0.3) is 0 Å². The normalized spacial score (nSPS) is 31.4. The van der Waals surface area contributed by atoms with Gasteiger partial charge in [0.15, 0.2) is 6.29 Å². The minimum atomic E-state index is -0.478. The Hall–Kier alpha value is -3.23. The molecule has 2 heterocycles. The van der Waals surface area contributed by atoms with E-state index in [4.69, 9.17) is 9.47 Å². The molecule has 254 valence electrons. The fourth-order valence-electron chi connectivity index (χ4n) is 9.92. The maximum atomic E-state index is 13.1. The molecule has 2 saturated heterocycles. The second kappa shape index (κ2) is 13.9. The maximum Gasteiger partial charge on any atom is 0.315 e. The summed E-state index contributed by atoms with van der Waals surface area (Å²) < 4.78 is 13.4. The number of aliphatic hydroxyl groups excluding tert-OH is 1. The summed E-state index contributed by atoms with van der Waals surface area (Å²) in [5.41, 5.74) is 6.33. The van der Waals surface area contributed by atoms with E-state index < -0.39 is 6.29 Å². The number of urea groups is 1. The molecule has 3 N–H and O–H groups in total. The molecule has 48 heavy (non-hydrogen) atoms. The van der Waals surface area contributed by atoms with Gasteiger partial charge in [-0.15, -0.1) is 0 Å². The largest absolute Gasteiger partial charge is 0.392 e. The predicted octanol–water partition coefficient (Wildman–Crippen LogP) is 7.65. The molecule has 4 saturated carbocycles. The Kier molecular flexibility index (Phi) is 9.30. The standard InChI is InChI=1S/C41H51N3O4/c45-27-28-10-12-33(13-11-28)38-21-37(26-44-14-2-1-3-15-44)47-39(48-38)36-9-5-8-35(20-36)34-7-4-6-29(19-34)25-42-40(46)43-41-22-30-16-31(23-41)18-32(17-30)24-41/h4-13,19-20,30-32,37-39,45H,1-3,14-18,21-27H2,(H2,42,43,46)/t30?,31?,32?,37-,38+,39+,41?/m1/s1. The van der Waals surface area contributed by atoms with Gasteiger partial charge in [-0.05, 0) is 122 Å². The molecule has 6 aliphatic rings. The highest BCUT2D eigenvalue weighted by atomic mass is 16.7. The van der Waals surface area contributed by atoms with Gasteiger partial charge in [0.2, 0.25) is 0 Å². The highest BCUT2D eigenvalue weighted by molar-refractivity contribution is 5.75. The summed E-state index contributed by atoms with van der Waals surface area (Å²) in [6, 6.07) is 25.1. The van der Waals surface area contributed by atoms with E-state index in [-0.39, 0.29) is 30.4 Å². The summed E-state index contributed by atoms with van der Waals surface area (Å²) in [6.45, 7) is 3.71. The van der Waals surface area contributed by atoms with Crippen LogP contribution in [0.1, 0.15) is 98.9 Å². The van der Waals surface area contributed by atoms with E-state index >= 15 is 0 Å². The Bertz CT molecular complexity index is 1530. The van der Waals surface area contributed by atoms with Gasteiger partial charge in [-0.3, -0.25) is 0 Å². The molecule has 7 heteroatoms. The van der Waals surface area contributed by atoms with Gasteiger partial charge < -0.3 is 30.1 Å². The second-order valence-corrected chi connectivity index (χ2v) is 15.5. The molecule has 4 bridgehead atoms. The number of amides is 2. The number of piperidine rings is 1. The maximum absolute atomic E-state index is 13.1. The van der Waals surface area contributed by atoms with Gasteiger partial charge in [0.1, 0.15) is 0 Å². The number of hydrogen-bond donors (Lipinski definition) is 3. The van der Waals surface area contributed by atoms with Crippen LogP contribution in [0.25, 0.3) is 11.1 Å². The van der Waals surface area contributed by atoms with Crippen molar-refractivity contribution < 1.29 is 19.4 Å². The van der Waals surface area contributed by atoms with E-state index in [0.717, 1.165) is 96.5 Å². The van der Waals surface area contributed by atoms with E-state index in [1.54, 1.807) is 0 Å². The Morgan fingerprint density at radius 2 is 1.46 bits per heavy atom. The lowest BCUT2D eigenvalue weighted by Crippen LogP contribution is -2.61. The first kappa shape index (κ1) is 32.0. The van der Waals surface area contributed by atoms with Crippen molar-refractivity contribution in [3.05, 3.63) is 95.1 Å². The third-order valence-electron chi connectivity index (χ3n) is 11.8. The lowest BCUT2D eigenvalue weighted by Gasteiger charge is -2.56. The summed E-state index contributed by atoms with van der Waals surface area (Å²) >= 11 is 0. The van der Waals surface area contributed by atoms with Crippen LogP contribution in [0.2, 0.25) is 0 Å². The number of benzene rings is 3. The quantitative estimate of drug-likeness (QED) is 0.222. The topological polar surface area (TPSA) is 83.1 Å². The van der Waals surface area contributed by atoms with Gasteiger partial charge >= 0.3 is 6.03 Å². The Morgan fingerprint density at radius 3 is 2.17 bits per heavy atom. The number of carbonyl (C=O) groups is 1. The minimum absolute atomic E-state index is 0.0130. The molecule has 0 aromatic heterocycles. The minimum Gasteiger partial charge on any atom is -0.392 e. The lowest BCUT2D eigenvalue weighted by atomic mass is 9.53. The Morgan fingerprint density at radius 1 is 0.771 bits per heavy atom. The first-order valence-electron chi connectivity index (χ1n) is 18.5.